The lowest BCUT2D eigenvalue weighted by Gasteiger charge is -2.28. The summed E-state index contributed by atoms with van der Waals surface area (Å²) in [6.07, 6.45) is 2.85. The molecule has 0 radical (unpaired) electrons. The van der Waals surface area contributed by atoms with Gasteiger partial charge in [0.05, 0.1) is 48.3 Å². The van der Waals surface area contributed by atoms with Gasteiger partial charge in [0, 0.05) is 30.2 Å². The molecule has 13 nitrogen and oxygen atoms in total. The summed E-state index contributed by atoms with van der Waals surface area (Å²) in [5.74, 6) is -3.56. The van der Waals surface area contributed by atoms with E-state index in [2.05, 4.69) is 15.0 Å². The van der Waals surface area contributed by atoms with Crippen LogP contribution in [0.4, 0.5) is 18.9 Å². The number of hydrogen-bond donors (Lipinski definition) is 2. The van der Waals surface area contributed by atoms with Crippen LogP contribution in [0.15, 0.2) is 67.0 Å². The van der Waals surface area contributed by atoms with Crippen LogP contribution in [0, 0.1) is 0 Å². The first-order valence-corrected chi connectivity index (χ1v) is 15.7. The molecule has 1 amide bonds. The number of carbonyl (C=O) groups excluding carboxylic acids is 1. The molecule has 0 unspecified atom stereocenters. The molecule has 244 valence electrons. The second-order valence-electron chi connectivity index (χ2n) is 10.1. The number of alkyl halides is 3. The van der Waals surface area contributed by atoms with Crippen LogP contribution in [-0.4, -0.2) is 88.7 Å². The molecule has 5 heterocycles. The summed E-state index contributed by atoms with van der Waals surface area (Å²) in [5, 5.41) is 12.8. The van der Waals surface area contributed by atoms with E-state index in [4.69, 9.17) is 24.6 Å². The first kappa shape index (κ1) is 33.0. The molecule has 1 saturated heterocycles. The molecule has 2 N–H and O–H groups in total. The van der Waals surface area contributed by atoms with Crippen molar-refractivity contribution in [2.24, 2.45) is 0 Å². The summed E-state index contributed by atoms with van der Waals surface area (Å²) in [6, 6.07) is 17.0. The van der Waals surface area contributed by atoms with Crippen molar-refractivity contribution in [3.63, 3.8) is 0 Å². The van der Waals surface area contributed by atoms with Gasteiger partial charge in [-0.3, -0.25) is 9.78 Å². The van der Waals surface area contributed by atoms with E-state index < -0.39 is 28.1 Å². The van der Waals surface area contributed by atoms with Crippen LogP contribution in [0.25, 0.3) is 40.0 Å². The van der Waals surface area contributed by atoms with Crippen molar-refractivity contribution in [3.05, 3.63) is 84.1 Å². The largest absolute Gasteiger partial charge is 0.490 e. The lowest BCUT2D eigenvalue weighted by molar-refractivity contribution is -0.192. The molecule has 0 aliphatic carbocycles. The van der Waals surface area contributed by atoms with Crippen LogP contribution in [0.3, 0.4) is 0 Å². The number of nitrogens with zero attached hydrogens (tertiary/aromatic N) is 6. The minimum Gasteiger partial charge on any atom is -0.475 e. The number of ether oxygens (including phenoxy) is 1. The maximum atomic E-state index is 12.3. The molecule has 1 aliphatic rings. The van der Waals surface area contributed by atoms with Crippen molar-refractivity contribution < 1.29 is 41.0 Å². The molecule has 0 saturated carbocycles. The fraction of sp³-hybridized carbons (Fsp3) is 0.200. The van der Waals surface area contributed by atoms with Crippen molar-refractivity contribution in [2.45, 2.75) is 6.18 Å². The molecule has 4 aromatic heterocycles. The van der Waals surface area contributed by atoms with Crippen LogP contribution in [0.1, 0.15) is 21.9 Å². The zero-order valence-electron chi connectivity index (χ0n) is 24.5. The summed E-state index contributed by atoms with van der Waals surface area (Å²) in [6.45, 7) is 2.73. The fourth-order valence-corrected chi connectivity index (χ4v) is 5.06. The number of para-hydroxylation sites is 1. The van der Waals surface area contributed by atoms with E-state index in [-0.39, 0.29) is 5.69 Å². The van der Waals surface area contributed by atoms with Gasteiger partial charge in [0.15, 0.2) is 5.65 Å². The topological polar surface area (TPSA) is 169 Å². The molecule has 1 aromatic carbocycles. The van der Waals surface area contributed by atoms with Crippen LogP contribution >= 0.6 is 0 Å². The number of rotatable bonds is 6. The van der Waals surface area contributed by atoms with E-state index in [1.54, 1.807) is 16.8 Å². The Kier molecular flexibility index (Phi) is 9.48. The Labute approximate surface area is 265 Å². The maximum Gasteiger partial charge on any atom is 0.490 e. The molecule has 17 heteroatoms. The number of amides is 1. The number of morpholine rings is 1. The monoisotopic (exact) mass is 669 g/mol. The number of fused-ring (bicyclic) bond motifs is 2. The van der Waals surface area contributed by atoms with E-state index in [0.717, 1.165) is 41.6 Å². The Morgan fingerprint density at radius 1 is 1.00 bits per heavy atom. The number of carboxylic acids is 1. The van der Waals surface area contributed by atoms with Gasteiger partial charge in [-0.05, 0) is 42.5 Å². The van der Waals surface area contributed by atoms with Gasteiger partial charge in [0.25, 0.3) is 5.91 Å². The summed E-state index contributed by atoms with van der Waals surface area (Å²) < 4.78 is 63.9. The van der Waals surface area contributed by atoms with Gasteiger partial charge in [-0.25, -0.2) is 32.4 Å². The summed E-state index contributed by atoms with van der Waals surface area (Å²) in [4.78, 5) is 37.3. The Morgan fingerprint density at radius 2 is 1.72 bits per heavy atom. The molecular weight excluding hydrogens is 643 g/mol. The number of aliphatic carboxylic acids is 1. The average molecular weight is 670 g/mol. The van der Waals surface area contributed by atoms with Crippen molar-refractivity contribution in [1.29, 1.82) is 0 Å². The standard InChI is InChI=1S/C28H25N7O4S.C2HF3O2/c1-40(37,38)33-28(36)24-10-7-20(18-29-24)26-23(11-9-21-8-6-19-4-2-3-5-22(19)31-21)32-27-25(12-13-30-35(26)27)34-14-16-39-17-15-34;3-2(4,5)1(6)7/h2-13,18H,14-17H2,1H3,(H,33,36);(H,6,7). The molecular formula is C30H26F3N7O6S. The SMILES string of the molecule is CS(=O)(=O)NC(=O)c1ccc(-c2c(C=Cc3ccc4ccccc4n3)nc3c(N4CCOCC4)ccnn23)cn1.O=C(O)C(F)(F)F. The Balaban J connectivity index is 0.000000559. The quantitative estimate of drug-likeness (QED) is 0.271. The lowest BCUT2D eigenvalue weighted by Crippen LogP contribution is -2.36. The maximum absolute atomic E-state index is 12.3. The highest BCUT2D eigenvalue weighted by molar-refractivity contribution is 7.89. The minimum atomic E-state index is -5.08. The van der Waals surface area contributed by atoms with Crippen molar-refractivity contribution in [1.82, 2.24) is 29.3 Å². The number of nitrogens with one attached hydrogen (secondary N) is 1. The molecule has 0 atom stereocenters. The Bertz CT molecular complexity index is 2080. The van der Waals surface area contributed by atoms with Gasteiger partial charge in [-0.2, -0.15) is 18.3 Å². The van der Waals surface area contributed by atoms with E-state index in [1.165, 1.54) is 12.3 Å². The number of pyridine rings is 2. The molecule has 5 aromatic rings. The molecule has 1 aliphatic heterocycles. The van der Waals surface area contributed by atoms with Crippen LogP contribution in [-0.2, 0) is 19.6 Å². The van der Waals surface area contributed by atoms with Crippen LogP contribution in [0.2, 0.25) is 0 Å². The summed E-state index contributed by atoms with van der Waals surface area (Å²) in [5.41, 5.74) is 5.20. The zero-order valence-corrected chi connectivity index (χ0v) is 25.4. The number of carboxylic acid groups (broad SMARTS) is 1. The number of hydrogen-bond acceptors (Lipinski definition) is 10. The number of benzene rings is 1. The zero-order chi connectivity index (χ0) is 33.8. The molecule has 47 heavy (non-hydrogen) atoms. The third-order valence-electron chi connectivity index (χ3n) is 6.70. The predicted molar refractivity (Wildman–Crippen MR) is 166 cm³/mol. The van der Waals surface area contributed by atoms with Gasteiger partial charge in [0.2, 0.25) is 10.0 Å². The van der Waals surface area contributed by atoms with Gasteiger partial charge in [0.1, 0.15) is 11.4 Å². The highest BCUT2D eigenvalue weighted by atomic mass is 32.2. The second-order valence-corrected chi connectivity index (χ2v) is 11.8. The number of imidazole rings is 1. The molecule has 0 bridgehead atoms. The van der Waals surface area contributed by atoms with Crippen LogP contribution < -0.4 is 9.62 Å². The van der Waals surface area contributed by atoms with Gasteiger partial charge >= 0.3 is 12.1 Å². The normalized spacial score (nSPS) is 13.8. The van der Waals surface area contributed by atoms with E-state index in [1.807, 2.05) is 59.3 Å². The van der Waals surface area contributed by atoms with E-state index in [9.17, 15) is 26.4 Å². The highest BCUT2D eigenvalue weighted by Gasteiger charge is 2.38. The Hall–Kier alpha value is -5.42. The molecule has 0 spiro atoms. The van der Waals surface area contributed by atoms with Crippen molar-refractivity contribution in [3.8, 4) is 11.3 Å². The second kappa shape index (κ2) is 13.5. The van der Waals surface area contributed by atoms with Gasteiger partial charge in [-0.1, -0.05) is 24.3 Å². The highest BCUT2D eigenvalue weighted by Crippen LogP contribution is 2.30. The fourth-order valence-electron chi connectivity index (χ4n) is 4.62. The third-order valence-corrected chi connectivity index (χ3v) is 7.26. The van der Waals surface area contributed by atoms with Crippen LogP contribution in [0.5, 0.6) is 0 Å². The first-order valence-electron chi connectivity index (χ1n) is 13.8. The smallest absolute Gasteiger partial charge is 0.475 e. The number of halogens is 3. The number of anilines is 1. The minimum absolute atomic E-state index is 0.0255. The lowest BCUT2D eigenvalue weighted by atomic mass is 10.1. The Morgan fingerprint density at radius 3 is 2.38 bits per heavy atom. The molecule has 1 fully saturated rings. The van der Waals surface area contributed by atoms with E-state index >= 15 is 0 Å². The average Bonchev–Trinajstić information content (AvgIpc) is 3.42. The number of carbonyl (C=O) groups is 2. The third kappa shape index (κ3) is 8.06. The molecule has 6 rings (SSSR count). The van der Waals surface area contributed by atoms with E-state index in [0.29, 0.717) is 35.8 Å². The first-order chi connectivity index (χ1) is 22.3. The van der Waals surface area contributed by atoms with Gasteiger partial charge < -0.3 is 14.7 Å². The number of aromatic nitrogens is 5. The number of sulfonamides is 1. The summed E-state index contributed by atoms with van der Waals surface area (Å²) >= 11 is 0. The van der Waals surface area contributed by atoms with Gasteiger partial charge in [-0.15, -0.1) is 0 Å². The summed E-state index contributed by atoms with van der Waals surface area (Å²) in [7, 11) is -3.72. The van der Waals surface area contributed by atoms with Crippen molar-refractivity contribution >= 4 is 56.3 Å². The predicted octanol–water partition coefficient (Wildman–Crippen LogP) is 3.67. The van der Waals surface area contributed by atoms with Crippen molar-refractivity contribution in [2.75, 3.05) is 37.5 Å².